The highest BCUT2D eigenvalue weighted by molar-refractivity contribution is 7.92. The van der Waals surface area contributed by atoms with Crippen LogP contribution in [0.4, 0.5) is 10.1 Å². The second-order valence-corrected chi connectivity index (χ2v) is 15.4. The molecule has 1 atom stereocenters. The number of hydrogen-bond donors (Lipinski definition) is 1. The molecule has 1 unspecified atom stereocenters. The SMILES string of the molecule is CC(C)CNC(=O)C(C)N(Cc1ccc(F)cc1)C(=O)CN(c1ccc(C23CC4CC(CC(C4)C2)C3)cc1)S(C)(=O)=O. The standard InChI is InChI=1S/C33H44FN3O4S/c1-22(2)19-35-32(39)23(3)36(20-24-5-9-29(34)10-6-24)31(38)21-37(42(4,40)41)30-11-7-28(8-12-30)33-16-25-13-26(17-33)15-27(14-25)18-33/h5-12,22-23,25-27H,13-21H2,1-4H3,(H,35,39). The molecular formula is C33H44FN3O4S. The first-order valence-corrected chi connectivity index (χ1v) is 17.1. The van der Waals surface area contributed by atoms with E-state index in [1.807, 2.05) is 26.0 Å². The van der Waals surface area contributed by atoms with Crippen molar-refractivity contribution in [2.24, 2.45) is 23.7 Å². The molecule has 0 heterocycles. The van der Waals surface area contributed by atoms with E-state index in [0.29, 0.717) is 17.8 Å². The molecule has 4 bridgehead atoms. The van der Waals surface area contributed by atoms with Gasteiger partial charge in [-0.05, 0) is 110 Å². The molecule has 2 aromatic rings. The minimum atomic E-state index is -3.81. The molecule has 42 heavy (non-hydrogen) atoms. The maximum absolute atomic E-state index is 13.8. The van der Waals surface area contributed by atoms with Crippen molar-refractivity contribution >= 4 is 27.5 Å². The summed E-state index contributed by atoms with van der Waals surface area (Å²) < 4.78 is 40.7. The predicted molar refractivity (Wildman–Crippen MR) is 163 cm³/mol. The van der Waals surface area contributed by atoms with Crippen molar-refractivity contribution in [3.05, 3.63) is 65.5 Å². The number of nitrogens with zero attached hydrogens (tertiary/aromatic N) is 2. The minimum absolute atomic E-state index is 0.0396. The third-order valence-electron chi connectivity index (χ3n) is 9.60. The molecule has 0 aliphatic heterocycles. The lowest BCUT2D eigenvalue weighted by atomic mass is 9.48. The van der Waals surface area contributed by atoms with Gasteiger partial charge in [-0.3, -0.25) is 13.9 Å². The number of nitrogens with one attached hydrogen (secondary N) is 1. The van der Waals surface area contributed by atoms with Crippen molar-refractivity contribution < 1.29 is 22.4 Å². The Morgan fingerprint density at radius 2 is 1.48 bits per heavy atom. The van der Waals surface area contributed by atoms with Gasteiger partial charge in [-0.25, -0.2) is 12.8 Å². The average Bonchev–Trinajstić information content (AvgIpc) is 2.92. The van der Waals surface area contributed by atoms with Crippen LogP contribution in [0.5, 0.6) is 0 Å². The van der Waals surface area contributed by atoms with Crippen LogP contribution in [0, 0.1) is 29.5 Å². The Hall–Kier alpha value is -2.94. The fraction of sp³-hybridized carbons (Fsp3) is 0.576. The molecular weight excluding hydrogens is 553 g/mol. The molecule has 1 N–H and O–H groups in total. The summed E-state index contributed by atoms with van der Waals surface area (Å²) in [6, 6.07) is 12.6. The average molecular weight is 598 g/mol. The van der Waals surface area contributed by atoms with Crippen LogP contribution in [0.25, 0.3) is 0 Å². The Bertz CT molecular complexity index is 1360. The molecule has 0 aromatic heterocycles. The van der Waals surface area contributed by atoms with Crippen LogP contribution < -0.4 is 9.62 Å². The lowest BCUT2D eigenvalue weighted by Crippen LogP contribution is -2.51. The Kier molecular flexibility index (Phi) is 8.70. The molecule has 6 rings (SSSR count). The van der Waals surface area contributed by atoms with Gasteiger partial charge in [-0.15, -0.1) is 0 Å². The van der Waals surface area contributed by atoms with E-state index in [1.54, 1.807) is 19.1 Å². The molecule has 0 saturated heterocycles. The monoisotopic (exact) mass is 597 g/mol. The summed E-state index contributed by atoms with van der Waals surface area (Å²) >= 11 is 0. The van der Waals surface area contributed by atoms with Gasteiger partial charge >= 0.3 is 0 Å². The maximum atomic E-state index is 13.8. The van der Waals surface area contributed by atoms with Crippen LogP contribution in [0.1, 0.15) is 70.4 Å². The molecule has 0 radical (unpaired) electrons. The van der Waals surface area contributed by atoms with E-state index in [2.05, 4.69) is 17.4 Å². The molecule has 2 amide bonds. The summed E-state index contributed by atoms with van der Waals surface area (Å²) in [6.07, 6.45) is 8.78. The van der Waals surface area contributed by atoms with Gasteiger partial charge in [-0.2, -0.15) is 0 Å². The first kappa shape index (κ1) is 30.5. The van der Waals surface area contributed by atoms with E-state index in [4.69, 9.17) is 0 Å². The van der Waals surface area contributed by atoms with Crippen molar-refractivity contribution in [1.82, 2.24) is 10.2 Å². The normalized spacial score (nSPS) is 25.3. The van der Waals surface area contributed by atoms with Gasteiger partial charge in [0.1, 0.15) is 18.4 Å². The van der Waals surface area contributed by atoms with Gasteiger partial charge in [0, 0.05) is 13.1 Å². The number of halogens is 1. The molecule has 4 aliphatic rings. The van der Waals surface area contributed by atoms with Gasteiger partial charge in [0.2, 0.25) is 21.8 Å². The van der Waals surface area contributed by atoms with Crippen molar-refractivity contribution in [2.45, 2.75) is 77.3 Å². The zero-order valence-electron chi connectivity index (χ0n) is 25.2. The molecule has 9 heteroatoms. The van der Waals surface area contributed by atoms with E-state index >= 15 is 0 Å². The van der Waals surface area contributed by atoms with Crippen LogP contribution in [0.2, 0.25) is 0 Å². The summed E-state index contributed by atoms with van der Waals surface area (Å²) in [5, 5.41) is 2.86. The Labute approximate surface area is 249 Å². The number of anilines is 1. The quantitative estimate of drug-likeness (QED) is 0.384. The van der Waals surface area contributed by atoms with Crippen molar-refractivity contribution in [1.29, 1.82) is 0 Å². The fourth-order valence-electron chi connectivity index (χ4n) is 7.88. The van der Waals surface area contributed by atoms with Crippen LogP contribution >= 0.6 is 0 Å². The molecule has 4 aliphatic carbocycles. The third kappa shape index (κ3) is 6.66. The summed E-state index contributed by atoms with van der Waals surface area (Å²) in [5.41, 5.74) is 2.53. The second-order valence-electron chi connectivity index (χ2n) is 13.5. The molecule has 7 nitrogen and oxygen atoms in total. The predicted octanol–water partition coefficient (Wildman–Crippen LogP) is 5.25. The number of sulfonamides is 1. The highest BCUT2D eigenvalue weighted by Gasteiger charge is 2.51. The van der Waals surface area contributed by atoms with Crippen LogP contribution in [0.15, 0.2) is 48.5 Å². The maximum Gasteiger partial charge on any atom is 0.244 e. The molecule has 4 fully saturated rings. The van der Waals surface area contributed by atoms with E-state index in [1.165, 1.54) is 61.1 Å². The molecule has 4 saturated carbocycles. The molecule has 0 spiro atoms. The first-order valence-electron chi connectivity index (χ1n) is 15.2. The van der Waals surface area contributed by atoms with Crippen molar-refractivity contribution in [2.75, 3.05) is 23.7 Å². The first-order chi connectivity index (χ1) is 19.8. The summed E-state index contributed by atoms with van der Waals surface area (Å²) in [6.45, 7) is 5.63. The number of benzene rings is 2. The van der Waals surface area contributed by atoms with E-state index in [9.17, 15) is 22.4 Å². The van der Waals surface area contributed by atoms with Gasteiger partial charge in [0.05, 0.1) is 11.9 Å². The second kappa shape index (κ2) is 12.0. The highest BCUT2D eigenvalue weighted by Crippen LogP contribution is 2.60. The number of carbonyl (C=O) groups excluding carboxylic acids is 2. The van der Waals surface area contributed by atoms with Crippen molar-refractivity contribution in [3.8, 4) is 0 Å². The van der Waals surface area contributed by atoms with Crippen LogP contribution in [0.3, 0.4) is 0 Å². The smallest absolute Gasteiger partial charge is 0.244 e. The van der Waals surface area contributed by atoms with Gasteiger partial charge in [0.25, 0.3) is 0 Å². The topological polar surface area (TPSA) is 86.8 Å². The van der Waals surface area contributed by atoms with Gasteiger partial charge in [-0.1, -0.05) is 38.1 Å². The highest BCUT2D eigenvalue weighted by atomic mass is 32.2. The van der Waals surface area contributed by atoms with E-state index in [-0.39, 0.29) is 23.8 Å². The Morgan fingerprint density at radius 1 is 0.929 bits per heavy atom. The lowest BCUT2D eigenvalue weighted by molar-refractivity contribution is -0.139. The zero-order chi connectivity index (χ0) is 30.2. The summed E-state index contributed by atoms with van der Waals surface area (Å²) in [7, 11) is -3.81. The Balaban J connectivity index is 1.37. The van der Waals surface area contributed by atoms with Gasteiger partial charge in [0.15, 0.2) is 0 Å². The number of hydrogen-bond acceptors (Lipinski definition) is 4. The number of amides is 2. The molecule has 228 valence electrons. The van der Waals surface area contributed by atoms with E-state index < -0.39 is 34.3 Å². The third-order valence-corrected chi connectivity index (χ3v) is 10.7. The largest absolute Gasteiger partial charge is 0.354 e. The number of rotatable bonds is 11. The summed E-state index contributed by atoms with van der Waals surface area (Å²) in [5.74, 6) is 1.38. The summed E-state index contributed by atoms with van der Waals surface area (Å²) in [4.78, 5) is 28.2. The van der Waals surface area contributed by atoms with Gasteiger partial charge < -0.3 is 10.2 Å². The zero-order valence-corrected chi connectivity index (χ0v) is 26.0. The van der Waals surface area contributed by atoms with Crippen molar-refractivity contribution in [3.63, 3.8) is 0 Å². The number of carbonyl (C=O) groups is 2. The van der Waals surface area contributed by atoms with Crippen LogP contribution in [-0.2, 0) is 31.6 Å². The lowest BCUT2D eigenvalue weighted by Gasteiger charge is -2.57. The molecule has 2 aromatic carbocycles. The fourth-order valence-corrected chi connectivity index (χ4v) is 8.73. The van der Waals surface area contributed by atoms with E-state index in [0.717, 1.165) is 28.3 Å². The van der Waals surface area contributed by atoms with Crippen LogP contribution in [-0.4, -0.2) is 50.5 Å². The minimum Gasteiger partial charge on any atom is -0.354 e. The Morgan fingerprint density at radius 3 is 1.98 bits per heavy atom.